The van der Waals surface area contributed by atoms with Crippen LogP contribution in [0.2, 0.25) is 5.02 Å². The Balaban J connectivity index is 3.04. The first-order valence-corrected chi connectivity index (χ1v) is 4.79. The smallest absolute Gasteiger partial charge is 0.404 e. The fourth-order valence-corrected chi connectivity index (χ4v) is 1.24. The molecule has 16 heavy (non-hydrogen) atoms. The average molecular weight is 253 g/mol. The summed E-state index contributed by atoms with van der Waals surface area (Å²) in [5, 5.41) is -0.190. The molecule has 0 aliphatic carbocycles. The maximum Gasteiger partial charge on any atom is 0.573 e. The zero-order valence-corrected chi connectivity index (χ0v) is 9.02. The lowest BCUT2D eigenvalue weighted by Gasteiger charge is -2.11. The van der Waals surface area contributed by atoms with E-state index < -0.39 is 12.1 Å². The van der Waals surface area contributed by atoms with Crippen molar-refractivity contribution in [2.45, 2.75) is 19.7 Å². The van der Waals surface area contributed by atoms with E-state index in [9.17, 15) is 18.0 Å². The molecule has 0 heterocycles. The minimum absolute atomic E-state index is 0.145. The van der Waals surface area contributed by atoms with Crippen molar-refractivity contribution < 1.29 is 22.7 Å². The number of carbonyl (C=O) groups is 1. The van der Waals surface area contributed by atoms with Gasteiger partial charge in [-0.3, -0.25) is 4.79 Å². The molecule has 0 unspecified atom stereocenters. The van der Waals surface area contributed by atoms with Crippen LogP contribution < -0.4 is 4.74 Å². The van der Waals surface area contributed by atoms with E-state index in [2.05, 4.69) is 4.74 Å². The van der Waals surface area contributed by atoms with Gasteiger partial charge in [-0.15, -0.1) is 13.2 Å². The molecule has 2 nitrogen and oxygen atoms in total. The van der Waals surface area contributed by atoms with E-state index in [0.29, 0.717) is 0 Å². The third kappa shape index (κ3) is 3.41. The van der Waals surface area contributed by atoms with Gasteiger partial charge in [-0.25, -0.2) is 0 Å². The van der Waals surface area contributed by atoms with Crippen molar-refractivity contribution in [3.05, 3.63) is 28.8 Å². The van der Waals surface area contributed by atoms with E-state index in [-0.39, 0.29) is 22.8 Å². The molecule has 0 saturated heterocycles. The van der Waals surface area contributed by atoms with Crippen molar-refractivity contribution in [2.75, 3.05) is 0 Å². The van der Waals surface area contributed by atoms with Crippen molar-refractivity contribution >= 4 is 17.4 Å². The lowest BCUT2D eigenvalue weighted by atomic mass is 10.1. The third-order valence-corrected chi connectivity index (χ3v) is 2.11. The summed E-state index contributed by atoms with van der Waals surface area (Å²) in [4.78, 5) is 11.3. The minimum atomic E-state index is -4.82. The van der Waals surface area contributed by atoms with E-state index in [4.69, 9.17) is 11.6 Å². The number of carbonyl (C=O) groups excluding carboxylic acids is 1. The maximum atomic E-state index is 12.0. The van der Waals surface area contributed by atoms with Gasteiger partial charge in [0.05, 0.1) is 5.02 Å². The van der Waals surface area contributed by atoms with E-state index in [0.717, 1.165) is 6.07 Å². The highest BCUT2D eigenvalue weighted by molar-refractivity contribution is 6.32. The van der Waals surface area contributed by atoms with Crippen LogP contribution in [-0.4, -0.2) is 12.1 Å². The lowest BCUT2D eigenvalue weighted by molar-refractivity contribution is -0.274. The largest absolute Gasteiger partial charge is 0.573 e. The summed E-state index contributed by atoms with van der Waals surface area (Å²) in [7, 11) is 0. The molecule has 0 saturated carbocycles. The highest BCUT2D eigenvalue weighted by Gasteiger charge is 2.32. The van der Waals surface area contributed by atoms with Crippen LogP contribution in [0.15, 0.2) is 18.2 Å². The summed E-state index contributed by atoms with van der Waals surface area (Å²) < 4.78 is 39.6. The number of benzene rings is 1. The van der Waals surface area contributed by atoms with Gasteiger partial charge in [0.2, 0.25) is 0 Å². The summed E-state index contributed by atoms with van der Waals surface area (Å²) in [5.41, 5.74) is 0.145. The van der Waals surface area contributed by atoms with Gasteiger partial charge in [-0.1, -0.05) is 18.5 Å². The van der Waals surface area contributed by atoms with Crippen LogP contribution in [0, 0.1) is 0 Å². The SMILES string of the molecule is CCC(=O)c1ccc(Cl)c(OC(F)(F)F)c1. The molecular weight excluding hydrogens is 245 g/mol. The predicted octanol–water partition coefficient (Wildman–Crippen LogP) is 3.83. The highest BCUT2D eigenvalue weighted by Crippen LogP contribution is 2.31. The number of alkyl halides is 3. The molecule has 0 bridgehead atoms. The third-order valence-electron chi connectivity index (χ3n) is 1.80. The Morgan fingerprint density at radius 3 is 2.56 bits per heavy atom. The maximum absolute atomic E-state index is 12.0. The van der Waals surface area contributed by atoms with Crippen molar-refractivity contribution in [3.8, 4) is 5.75 Å². The Bertz CT molecular complexity index is 402. The Kier molecular flexibility index (Phi) is 3.80. The van der Waals surface area contributed by atoms with Crippen molar-refractivity contribution in [3.63, 3.8) is 0 Å². The normalized spacial score (nSPS) is 11.3. The molecule has 0 spiro atoms. The van der Waals surface area contributed by atoms with Crippen LogP contribution in [0.1, 0.15) is 23.7 Å². The number of ether oxygens (including phenoxy) is 1. The van der Waals surface area contributed by atoms with Crippen molar-refractivity contribution in [2.24, 2.45) is 0 Å². The molecule has 1 aromatic carbocycles. The van der Waals surface area contributed by atoms with Crippen LogP contribution >= 0.6 is 11.6 Å². The Morgan fingerprint density at radius 2 is 2.06 bits per heavy atom. The minimum Gasteiger partial charge on any atom is -0.404 e. The van der Waals surface area contributed by atoms with E-state index in [1.165, 1.54) is 12.1 Å². The van der Waals surface area contributed by atoms with Crippen LogP contribution in [-0.2, 0) is 0 Å². The molecule has 0 radical (unpaired) electrons. The number of ketones is 1. The van der Waals surface area contributed by atoms with Crippen LogP contribution in [0.3, 0.4) is 0 Å². The molecule has 0 atom stereocenters. The summed E-state index contributed by atoms with van der Waals surface area (Å²) in [6, 6.07) is 3.55. The van der Waals surface area contributed by atoms with E-state index >= 15 is 0 Å². The summed E-state index contributed by atoms with van der Waals surface area (Å²) in [5.74, 6) is -0.836. The van der Waals surface area contributed by atoms with Crippen LogP contribution in [0.4, 0.5) is 13.2 Å². The molecule has 0 aliphatic rings. The highest BCUT2D eigenvalue weighted by atomic mass is 35.5. The van der Waals surface area contributed by atoms with Gasteiger partial charge in [-0.05, 0) is 18.2 Å². The topological polar surface area (TPSA) is 26.3 Å². The van der Waals surface area contributed by atoms with E-state index in [1.807, 2.05) is 0 Å². The van der Waals surface area contributed by atoms with Gasteiger partial charge >= 0.3 is 6.36 Å². The van der Waals surface area contributed by atoms with Gasteiger partial charge in [-0.2, -0.15) is 0 Å². The van der Waals surface area contributed by atoms with Gasteiger partial charge in [0, 0.05) is 12.0 Å². The molecule has 0 N–H and O–H groups in total. The first-order chi connectivity index (χ1) is 7.33. The molecule has 0 amide bonds. The van der Waals surface area contributed by atoms with Gasteiger partial charge in [0.1, 0.15) is 5.75 Å². The molecule has 0 fully saturated rings. The number of rotatable bonds is 3. The summed E-state index contributed by atoms with van der Waals surface area (Å²) >= 11 is 5.51. The Labute approximate surface area is 95.0 Å². The molecule has 1 aromatic rings. The van der Waals surface area contributed by atoms with Crippen molar-refractivity contribution in [1.29, 1.82) is 0 Å². The van der Waals surface area contributed by atoms with E-state index in [1.54, 1.807) is 6.92 Å². The number of hydrogen-bond acceptors (Lipinski definition) is 2. The fourth-order valence-electron chi connectivity index (χ4n) is 1.08. The number of Topliss-reactive ketones (excluding diaryl/α,β-unsaturated/α-hetero) is 1. The quantitative estimate of drug-likeness (QED) is 0.764. The second-order valence-electron chi connectivity index (χ2n) is 2.97. The standard InChI is InChI=1S/C10H8ClF3O2/c1-2-8(15)6-3-4-7(11)9(5-6)16-10(12,13)14/h3-5H,2H2,1H3. The molecule has 6 heteroatoms. The zero-order chi connectivity index (χ0) is 12.3. The number of hydrogen-bond donors (Lipinski definition) is 0. The second kappa shape index (κ2) is 4.74. The first-order valence-electron chi connectivity index (χ1n) is 4.42. The molecule has 0 aliphatic heterocycles. The lowest BCUT2D eigenvalue weighted by Crippen LogP contribution is -2.17. The predicted molar refractivity (Wildman–Crippen MR) is 52.8 cm³/mol. The summed E-state index contributed by atoms with van der Waals surface area (Å²) in [6.45, 7) is 1.61. The second-order valence-corrected chi connectivity index (χ2v) is 3.38. The van der Waals surface area contributed by atoms with Crippen LogP contribution in [0.5, 0.6) is 5.75 Å². The molecular formula is C10H8ClF3O2. The van der Waals surface area contributed by atoms with Gasteiger partial charge in [0.25, 0.3) is 0 Å². The summed E-state index contributed by atoms with van der Waals surface area (Å²) in [6.07, 6.45) is -4.62. The Morgan fingerprint density at radius 1 is 1.44 bits per heavy atom. The van der Waals surface area contributed by atoms with Crippen molar-refractivity contribution in [1.82, 2.24) is 0 Å². The number of halogens is 4. The van der Waals surface area contributed by atoms with Crippen LogP contribution in [0.25, 0.3) is 0 Å². The molecule has 1 rings (SSSR count). The molecule has 88 valence electrons. The van der Waals surface area contributed by atoms with Gasteiger partial charge in [0.15, 0.2) is 5.78 Å². The average Bonchev–Trinajstić information content (AvgIpc) is 2.18. The fraction of sp³-hybridized carbons (Fsp3) is 0.300. The molecule has 0 aromatic heterocycles. The Hall–Kier alpha value is -1.23. The monoisotopic (exact) mass is 252 g/mol. The van der Waals surface area contributed by atoms with Gasteiger partial charge < -0.3 is 4.74 Å². The first kappa shape index (κ1) is 12.8. The zero-order valence-electron chi connectivity index (χ0n) is 8.27.